The van der Waals surface area contributed by atoms with Crippen molar-refractivity contribution in [3.8, 4) is 11.6 Å². The van der Waals surface area contributed by atoms with Gasteiger partial charge in [-0.3, -0.25) is 19.8 Å². The summed E-state index contributed by atoms with van der Waals surface area (Å²) in [4.78, 5) is 30.8. The average Bonchev–Trinajstić information content (AvgIpc) is 2.79. The van der Waals surface area contributed by atoms with Crippen LogP contribution in [0.5, 0.6) is 5.88 Å². The molecule has 172 valence electrons. The van der Waals surface area contributed by atoms with Crippen LogP contribution >= 0.6 is 0 Å². The number of rotatable bonds is 4. The summed E-state index contributed by atoms with van der Waals surface area (Å²) in [5.41, 5.74) is -2.62. The molecule has 0 amide bonds. The van der Waals surface area contributed by atoms with Crippen molar-refractivity contribution in [3.63, 3.8) is 0 Å². The van der Waals surface area contributed by atoms with Gasteiger partial charge in [0.1, 0.15) is 5.56 Å². The maximum absolute atomic E-state index is 13.1. The Morgan fingerprint density at radius 1 is 1.18 bits per heavy atom. The Morgan fingerprint density at radius 3 is 2.73 bits per heavy atom. The molecule has 1 fully saturated rings. The smallest absolute Gasteiger partial charge is 0.416 e. The lowest BCUT2D eigenvalue weighted by Crippen LogP contribution is -2.32. The van der Waals surface area contributed by atoms with Crippen molar-refractivity contribution in [2.75, 3.05) is 6.54 Å². The van der Waals surface area contributed by atoms with Gasteiger partial charge in [-0.2, -0.15) is 18.3 Å². The molecule has 1 saturated heterocycles. The van der Waals surface area contributed by atoms with Crippen LogP contribution in [0.3, 0.4) is 0 Å². The van der Waals surface area contributed by atoms with E-state index in [0.29, 0.717) is 17.2 Å². The van der Waals surface area contributed by atoms with Gasteiger partial charge in [-0.25, -0.2) is 9.36 Å². The summed E-state index contributed by atoms with van der Waals surface area (Å²) in [6, 6.07) is 7.53. The molecule has 4 rings (SSSR count). The maximum Gasteiger partial charge on any atom is 0.416 e. The van der Waals surface area contributed by atoms with Crippen LogP contribution in [-0.2, 0) is 6.18 Å². The predicted octanol–water partition coefficient (Wildman–Crippen LogP) is 3.21. The molecule has 3 heterocycles. The average molecular weight is 459 g/mol. The monoisotopic (exact) mass is 459 g/mol. The number of benzene rings is 1. The van der Waals surface area contributed by atoms with E-state index >= 15 is 0 Å². The third-order valence-corrected chi connectivity index (χ3v) is 5.43. The number of hydrogen-bond donors (Lipinski definition) is 2. The first-order chi connectivity index (χ1) is 15.8. The van der Waals surface area contributed by atoms with Crippen LogP contribution in [0, 0.1) is 0 Å². The van der Waals surface area contributed by atoms with Crippen LogP contribution in [0.4, 0.5) is 13.2 Å². The second kappa shape index (κ2) is 8.93. The first-order valence-corrected chi connectivity index (χ1v) is 10.2. The fourth-order valence-corrected chi connectivity index (χ4v) is 3.81. The number of hydrazone groups is 1. The summed E-state index contributed by atoms with van der Waals surface area (Å²) in [7, 11) is 0. The number of aromatic amines is 1. The van der Waals surface area contributed by atoms with Gasteiger partial charge in [0.2, 0.25) is 5.88 Å². The van der Waals surface area contributed by atoms with E-state index in [-0.39, 0.29) is 17.3 Å². The number of pyridine rings is 1. The lowest BCUT2D eigenvalue weighted by molar-refractivity contribution is -0.137. The number of nitrogens with one attached hydrogen (secondary N) is 1. The highest BCUT2D eigenvalue weighted by Crippen LogP contribution is 2.32. The molecular formula is C22H20F3N5O3. The van der Waals surface area contributed by atoms with E-state index in [4.69, 9.17) is 0 Å². The summed E-state index contributed by atoms with van der Waals surface area (Å²) >= 11 is 0. The third-order valence-electron chi connectivity index (χ3n) is 5.43. The van der Waals surface area contributed by atoms with Crippen LogP contribution in [0.2, 0.25) is 0 Å². The van der Waals surface area contributed by atoms with Crippen molar-refractivity contribution >= 4 is 6.21 Å². The van der Waals surface area contributed by atoms with Crippen LogP contribution in [0.1, 0.15) is 42.0 Å². The van der Waals surface area contributed by atoms with Gasteiger partial charge < -0.3 is 5.11 Å². The van der Waals surface area contributed by atoms with Gasteiger partial charge in [-0.05, 0) is 49.1 Å². The number of H-pyrrole nitrogens is 1. The highest BCUT2D eigenvalue weighted by molar-refractivity contribution is 5.82. The molecule has 1 aliphatic rings. The molecule has 1 aliphatic heterocycles. The number of nitrogens with zero attached hydrogens (tertiary/aromatic N) is 4. The fourth-order valence-electron chi connectivity index (χ4n) is 3.81. The van der Waals surface area contributed by atoms with E-state index < -0.39 is 28.9 Å². The molecule has 1 aromatic carbocycles. The molecule has 2 aromatic heterocycles. The van der Waals surface area contributed by atoms with Gasteiger partial charge in [-0.1, -0.05) is 12.1 Å². The number of piperidine rings is 1. The van der Waals surface area contributed by atoms with Crippen LogP contribution in [-0.4, -0.2) is 37.4 Å². The Morgan fingerprint density at radius 2 is 2.00 bits per heavy atom. The lowest BCUT2D eigenvalue weighted by atomic mass is 9.98. The van der Waals surface area contributed by atoms with Gasteiger partial charge in [0.05, 0.1) is 23.5 Å². The molecule has 11 heteroatoms. The number of aromatic hydroxyl groups is 1. The SMILES string of the molecule is O=c1[nH]c(=O)n(-c2cccc(C(F)(F)F)c2)c(O)c1C=NN1CCCC[C@@H]1c1cccnc1. The standard InChI is InChI=1S/C22H20F3N5O3/c23-22(24,25)15-6-3-7-16(11-15)30-20(32)17(19(31)28-21(30)33)13-27-29-10-2-1-8-18(29)14-5-4-9-26-12-14/h3-7,9,11-13,18,32H,1-2,8,10H2,(H,28,31,33)/t18-/m1/s1. The maximum atomic E-state index is 13.1. The van der Waals surface area contributed by atoms with E-state index in [2.05, 4.69) is 10.1 Å². The molecule has 0 bridgehead atoms. The predicted molar refractivity (Wildman–Crippen MR) is 114 cm³/mol. The summed E-state index contributed by atoms with van der Waals surface area (Å²) in [5.74, 6) is -0.804. The zero-order valence-corrected chi connectivity index (χ0v) is 17.3. The number of halogens is 3. The Kier molecular flexibility index (Phi) is 6.03. The molecule has 0 unspecified atom stereocenters. The van der Waals surface area contributed by atoms with Gasteiger partial charge in [0, 0.05) is 18.9 Å². The molecule has 0 saturated carbocycles. The van der Waals surface area contributed by atoms with Crippen molar-refractivity contribution in [2.45, 2.75) is 31.5 Å². The Labute approximate surface area is 185 Å². The molecular weight excluding hydrogens is 439 g/mol. The minimum atomic E-state index is -4.64. The zero-order valence-electron chi connectivity index (χ0n) is 17.3. The second-order valence-corrected chi connectivity index (χ2v) is 7.59. The summed E-state index contributed by atoms with van der Waals surface area (Å²) in [6.07, 6.45) is 2.54. The Bertz CT molecular complexity index is 1280. The number of hydrogen-bond acceptors (Lipinski definition) is 6. The lowest BCUT2D eigenvalue weighted by Gasteiger charge is -2.33. The van der Waals surface area contributed by atoms with E-state index in [0.717, 1.165) is 43.2 Å². The molecule has 0 radical (unpaired) electrons. The topological polar surface area (TPSA) is 104 Å². The third kappa shape index (κ3) is 4.66. The minimum Gasteiger partial charge on any atom is -0.493 e. The highest BCUT2D eigenvalue weighted by Gasteiger charge is 2.31. The van der Waals surface area contributed by atoms with Crippen LogP contribution < -0.4 is 11.2 Å². The van der Waals surface area contributed by atoms with Crippen molar-refractivity contribution in [1.29, 1.82) is 0 Å². The van der Waals surface area contributed by atoms with Crippen LogP contribution in [0.25, 0.3) is 5.69 Å². The van der Waals surface area contributed by atoms with E-state index in [9.17, 15) is 27.9 Å². The van der Waals surface area contributed by atoms with Gasteiger partial charge in [0.25, 0.3) is 5.56 Å². The first kappa shape index (κ1) is 22.3. The fraction of sp³-hybridized carbons (Fsp3) is 0.273. The molecule has 8 nitrogen and oxygen atoms in total. The van der Waals surface area contributed by atoms with Crippen molar-refractivity contribution < 1.29 is 18.3 Å². The molecule has 33 heavy (non-hydrogen) atoms. The van der Waals surface area contributed by atoms with Crippen molar-refractivity contribution in [2.24, 2.45) is 5.10 Å². The highest BCUT2D eigenvalue weighted by atomic mass is 19.4. The minimum absolute atomic E-state index is 0.0840. The largest absolute Gasteiger partial charge is 0.493 e. The Hall–Kier alpha value is -3.89. The first-order valence-electron chi connectivity index (χ1n) is 10.2. The molecule has 1 atom stereocenters. The molecule has 3 aromatic rings. The van der Waals surface area contributed by atoms with Gasteiger partial charge in [-0.15, -0.1) is 0 Å². The molecule has 0 spiro atoms. The van der Waals surface area contributed by atoms with Crippen molar-refractivity contribution in [1.82, 2.24) is 19.5 Å². The van der Waals surface area contributed by atoms with E-state index in [1.165, 1.54) is 6.07 Å². The molecule has 0 aliphatic carbocycles. The van der Waals surface area contributed by atoms with E-state index in [1.54, 1.807) is 17.4 Å². The summed E-state index contributed by atoms with van der Waals surface area (Å²) < 4.78 is 39.9. The van der Waals surface area contributed by atoms with Crippen molar-refractivity contribution in [3.05, 3.63) is 86.3 Å². The van der Waals surface area contributed by atoms with Gasteiger partial charge in [0.15, 0.2) is 0 Å². The zero-order chi connectivity index (χ0) is 23.6. The second-order valence-electron chi connectivity index (χ2n) is 7.59. The number of aromatic nitrogens is 3. The summed E-state index contributed by atoms with van der Waals surface area (Å²) in [5, 5.41) is 16.8. The molecule has 2 N–H and O–H groups in total. The Balaban J connectivity index is 1.73. The number of alkyl halides is 3. The summed E-state index contributed by atoms with van der Waals surface area (Å²) in [6.45, 7) is 0.599. The van der Waals surface area contributed by atoms with Crippen LogP contribution in [0.15, 0.2) is 63.5 Å². The quantitative estimate of drug-likeness (QED) is 0.584. The van der Waals surface area contributed by atoms with E-state index in [1.807, 2.05) is 17.1 Å². The van der Waals surface area contributed by atoms with Gasteiger partial charge >= 0.3 is 11.9 Å². The normalized spacial score (nSPS) is 16.9.